The molecular weight excluding hydrogens is 368 g/mol. The number of rotatable bonds is 5. The Bertz CT molecular complexity index is 949. The van der Waals surface area contributed by atoms with Crippen LogP contribution in [0.25, 0.3) is 5.82 Å². The molecule has 1 fully saturated rings. The number of benzene rings is 1. The minimum absolute atomic E-state index is 0.00369. The topological polar surface area (TPSA) is 76.4 Å². The molecule has 0 aliphatic carbocycles. The first-order chi connectivity index (χ1) is 14.1. The number of hydrogen-bond donors (Lipinski definition) is 0. The third-order valence-electron chi connectivity index (χ3n) is 4.91. The van der Waals surface area contributed by atoms with Crippen molar-refractivity contribution in [3.05, 3.63) is 60.4 Å². The van der Waals surface area contributed by atoms with Gasteiger partial charge in [-0.25, -0.2) is 4.68 Å². The summed E-state index contributed by atoms with van der Waals surface area (Å²) in [6, 6.07) is 15.2. The van der Waals surface area contributed by atoms with Crippen molar-refractivity contribution < 1.29 is 9.53 Å². The van der Waals surface area contributed by atoms with Crippen LogP contribution in [0.4, 0.5) is 5.82 Å². The lowest BCUT2D eigenvalue weighted by Gasteiger charge is -2.36. The zero-order valence-electron chi connectivity index (χ0n) is 16.6. The van der Waals surface area contributed by atoms with Crippen LogP contribution in [0.3, 0.4) is 0 Å². The van der Waals surface area contributed by atoms with Gasteiger partial charge in [0.15, 0.2) is 17.7 Å². The Morgan fingerprint density at radius 1 is 0.966 bits per heavy atom. The molecule has 29 heavy (non-hydrogen) atoms. The van der Waals surface area contributed by atoms with E-state index in [1.165, 1.54) is 0 Å². The fourth-order valence-electron chi connectivity index (χ4n) is 3.32. The van der Waals surface area contributed by atoms with Crippen LogP contribution in [0, 0.1) is 6.92 Å². The molecule has 1 aromatic carbocycles. The number of hydrogen-bond acceptors (Lipinski definition) is 6. The number of carbonyl (C=O) groups is 1. The van der Waals surface area contributed by atoms with Gasteiger partial charge in [0.25, 0.3) is 5.91 Å². The highest BCUT2D eigenvalue weighted by Gasteiger charge is 2.26. The normalized spacial score (nSPS) is 15.2. The molecule has 3 heterocycles. The zero-order chi connectivity index (χ0) is 20.2. The molecule has 0 N–H and O–H groups in total. The Balaban J connectivity index is 1.32. The van der Waals surface area contributed by atoms with E-state index in [9.17, 15) is 4.79 Å². The van der Waals surface area contributed by atoms with Crippen molar-refractivity contribution in [2.75, 3.05) is 31.1 Å². The lowest BCUT2D eigenvalue weighted by atomic mass is 10.2. The first kappa shape index (κ1) is 18.9. The molecule has 1 aliphatic rings. The summed E-state index contributed by atoms with van der Waals surface area (Å²) < 4.78 is 7.47. The average molecular weight is 392 g/mol. The molecule has 1 aliphatic heterocycles. The van der Waals surface area contributed by atoms with Crippen molar-refractivity contribution in [3.8, 4) is 11.6 Å². The van der Waals surface area contributed by atoms with E-state index in [-0.39, 0.29) is 5.91 Å². The highest BCUT2D eigenvalue weighted by molar-refractivity contribution is 5.81. The molecule has 8 nitrogen and oxygen atoms in total. The Hall–Kier alpha value is -3.42. The predicted molar refractivity (Wildman–Crippen MR) is 109 cm³/mol. The number of aryl methyl sites for hydroxylation is 1. The number of para-hydroxylation sites is 1. The molecule has 0 radical (unpaired) electrons. The molecule has 0 saturated carbocycles. The number of carbonyl (C=O) groups excluding carboxylic acids is 1. The Kier molecular flexibility index (Phi) is 5.41. The molecule has 2 aromatic heterocycles. The summed E-state index contributed by atoms with van der Waals surface area (Å²) in [4.78, 5) is 16.7. The quantitative estimate of drug-likeness (QED) is 0.662. The van der Waals surface area contributed by atoms with Crippen LogP contribution in [-0.4, -0.2) is 63.1 Å². The van der Waals surface area contributed by atoms with Crippen LogP contribution in [0.1, 0.15) is 12.6 Å². The maximum atomic E-state index is 12.7. The first-order valence-corrected chi connectivity index (χ1v) is 9.72. The average Bonchev–Trinajstić information content (AvgIpc) is 3.20. The third kappa shape index (κ3) is 4.37. The summed E-state index contributed by atoms with van der Waals surface area (Å²) in [6.07, 6.45) is 1.35. The van der Waals surface area contributed by atoms with Gasteiger partial charge in [-0.05, 0) is 44.2 Å². The van der Waals surface area contributed by atoms with E-state index in [1.54, 1.807) is 11.6 Å². The maximum Gasteiger partial charge on any atom is 0.263 e. The second-order valence-corrected chi connectivity index (χ2v) is 7.04. The third-order valence-corrected chi connectivity index (χ3v) is 4.91. The second kappa shape index (κ2) is 8.30. The fourth-order valence-corrected chi connectivity index (χ4v) is 3.32. The Morgan fingerprint density at radius 3 is 2.28 bits per heavy atom. The molecular formula is C21H24N6O2. The molecule has 8 heteroatoms. The summed E-state index contributed by atoms with van der Waals surface area (Å²) >= 11 is 0. The van der Waals surface area contributed by atoms with Gasteiger partial charge in [0.2, 0.25) is 0 Å². The lowest BCUT2D eigenvalue weighted by molar-refractivity contribution is -0.138. The maximum absolute atomic E-state index is 12.7. The van der Waals surface area contributed by atoms with Gasteiger partial charge in [-0.1, -0.05) is 18.2 Å². The van der Waals surface area contributed by atoms with Gasteiger partial charge in [-0.2, -0.15) is 5.10 Å². The molecule has 0 bridgehead atoms. The highest BCUT2D eigenvalue weighted by atomic mass is 16.5. The molecule has 1 atom stereocenters. The van der Waals surface area contributed by atoms with Crippen LogP contribution in [0.15, 0.2) is 54.7 Å². The summed E-state index contributed by atoms with van der Waals surface area (Å²) in [5, 5.41) is 13.0. The lowest BCUT2D eigenvalue weighted by Crippen LogP contribution is -2.52. The summed E-state index contributed by atoms with van der Waals surface area (Å²) in [7, 11) is 0. The molecule has 4 rings (SSSR count). The fraction of sp³-hybridized carbons (Fsp3) is 0.333. The van der Waals surface area contributed by atoms with Gasteiger partial charge in [-0.3, -0.25) is 4.79 Å². The Morgan fingerprint density at radius 2 is 1.66 bits per heavy atom. The molecule has 1 saturated heterocycles. The number of aromatic nitrogens is 4. The van der Waals surface area contributed by atoms with Gasteiger partial charge < -0.3 is 14.5 Å². The standard InChI is InChI=1S/C21H24N6O2/c1-16-10-11-27(24-16)20-9-8-19(22-23-20)25-12-14-26(15-13-25)21(28)17(2)29-18-6-4-3-5-7-18/h3-11,17H,12-15H2,1-2H3/t17-/m1/s1. The molecule has 0 unspecified atom stereocenters. The van der Waals surface area contributed by atoms with Crippen molar-refractivity contribution in [3.63, 3.8) is 0 Å². The van der Waals surface area contributed by atoms with Gasteiger partial charge in [0.1, 0.15) is 5.75 Å². The van der Waals surface area contributed by atoms with Gasteiger partial charge in [0, 0.05) is 32.4 Å². The molecule has 150 valence electrons. The molecule has 0 spiro atoms. The van der Waals surface area contributed by atoms with E-state index >= 15 is 0 Å². The van der Waals surface area contributed by atoms with Crippen LogP contribution in [0.2, 0.25) is 0 Å². The van der Waals surface area contributed by atoms with Gasteiger partial charge in [-0.15, -0.1) is 10.2 Å². The van der Waals surface area contributed by atoms with E-state index in [0.29, 0.717) is 37.7 Å². The summed E-state index contributed by atoms with van der Waals surface area (Å²) in [5.74, 6) is 2.19. The second-order valence-electron chi connectivity index (χ2n) is 7.04. The van der Waals surface area contributed by atoms with Crippen molar-refractivity contribution >= 4 is 11.7 Å². The van der Waals surface area contributed by atoms with Crippen molar-refractivity contribution in [2.45, 2.75) is 20.0 Å². The monoisotopic (exact) mass is 392 g/mol. The predicted octanol–water partition coefficient (Wildman–Crippen LogP) is 2.09. The van der Waals surface area contributed by atoms with E-state index in [1.807, 2.05) is 66.6 Å². The van der Waals surface area contributed by atoms with Crippen LogP contribution in [-0.2, 0) is 4.79 Å². The number of ether oxygens (including phenoxy) is 1. The van der Waals surface area contributed by atoms with Crippen molar-refractivity contribution in [1.29, 1.82) is 0 Å². The van der Waals surface area contributed by atoms with Gasteiger partial charge >= 0.3 is 0 Å². The Labute approximate surface area is 169 Å². The number of nitrogens with zero attached hydrogens (tertiary/aromatic N) is 6. The van der Waals surface area contributed by atoms with E-state index in [0.717, 1.165) is 11.5 Å². The largest absolute Gasteiger partial charge is 0.481 e. The number of amides is 1. The smallest absolute Gasteiger partial charge is 0.263 e. The van der Waals surface area contributed by atoms with Crippen molar-refractivity contribution in [2.24, 2.45) is 0 Å². The first-order valence-electron chi connectivity index (χ1n) is 9.72. The van der Waals surface area contributed by atoms with Gasteiger partial charge in [0.05, 0.1) is 5.69 Å². The summed E-state index contributed by atoms with van der Waals surface area (Å²) in [5.41, 5.74) is 0.933. The minimum Gasteiger partial charge on any atom is -0.481 e. The zero-order valence-corrected chi connectivity index (χ0v) is 16.6. The highest BCUT2D eigenvalue weighted by Crippen LogP contribution is 2.16. The SMILES string of the molecule is Cc1ccn(-c2ccc(N3CCN(C(=O)[C@@H](C)Oc4ccccc4)CC3)nn2)n1. The minimum atomic E-state index is -0.513. The molecule has 1 amide bonds. The van der Waals surface area contributed by atoms with Crippen LogP contribution in [0.5, 0.6) is 5.75 Å². The van der Waals surface area contributed by atoms with Crippen LogP contribution < -0.4 is 9.64 Å². The summed E-state index contributed by atoms with van der Waals surface area (Å²) in [6.45, 7) is 6.40. The number of piperazine rings is 1. The number of anilines is 1. The van der Waals surface area contributed by atoms with Crippen molar-refractivity contribution in [1.82, 2.24) is 24.9 Å². The van der Waals surface area contributed by atoms with E-state index in [4.69, 9.17) is 4.74 Å². The van der Waals surface area contributed by atoms with E-state index < -0.39 is 6.10 Å². The molecule has 3 aromatic rings. The van der Waals surface area contributed by atoms with E-state index in [2.05, 4.69) is 20.2 Å². The van der Waals surface area contributed by atoms with Crippen LogP contribution >= 0.6 is 0 Å².